The van der Waals surface area contributed by atoms with Gasteiger partial charge in [0.15, 0.2) is 0 Å². The van der Waals surface area contributed by atoms with E-state index in [1.54, 1.807) is 0 Å². The first-order valence-corrected chi connectivity index (χ1v) is 8.11. The highest BCUT2D eigenvalue weighted by molar-refractivity contribution is 6.31. The van der Waals surface area contributed by atoms with Crippen LogP contribution < -0.4 is 5.32 Å². The first-order chi connectivity index (χ1) is 10.2. The third-order valence-corrected chi connectivity index (χ3v) is 3.90. The average Bonchev–Trinajstić information content (AvgIpc) is 2.94. The summed E-state index contributed by atoms with van der Waals surface area (Å²) in [5.41, 5.74) is 2.41. The predicted molar refractivity (Wildman–Crippen MR) is 88.7 cm³/mol. The Balaban J connectivity index is 2.15. The number of rotatable bonds is 8. The van der Waals surface area contributed by atoms with Crippen molar-refractivity contribution in [3.63, 3.8) is 0 Å². The van der Waals surface area contributed by atoms with E-state index in [4.69, 9.17) is 11.6 Å². The molecule has 1 atom stereocenters. The van der Waals surface area contributed by atoms with E-state index in [1.165, 1.54) is 11.1 Å². The minimum absolute atomic E-state index is 0.260. The number of hydrogen-bond donors (Lipinski definition) is 1. The lowest BCUT2D eigenvalue weighted by Gasteiger charge is -2.18. The van der Waals surface area contributed by atoms with Crippen LogP contribution in [0.2, 0.25) is 5.02 Å². The Bertz CT molecular complexity index is 550. The molecule has 2 aromatic rings. The van der Waals surface area contributed by atoms with Crippen LogP contribution in [0, 0.1) is 0 Å². The SMILES string of the molecule is CCCNC(Cc1ccccc1Cl)c1cnn(CCC)c1. The summed E-state index contributed by atoms with van der Waals surface area (Å²) in [7, 11) is 0. The number of halogens is 1. The predicted octanol–water partition coefficient (Wildman–Crippen LogP) is 4.23. The molecule has 0 radical (unpaired) electrons. The number of nitrogens with one attached hydrogen (secondary N) is 1. The molecule has 0 aliphatic heterocycles. The highest BCUT2D eigenvalue weighted by Gasteiger charge is 2.15. The van der Waals surface area contributed by atoms with Gasteiger partial charge in [-0.2, -0.15) is 5.10 Å². The maximum atomic E-state index is 6.30. The summed E-state index contributed by atoms with van der Waals surface area (Å²) in [5, 5.41) is 8.88. The van der Waals surface area contributed by atoms with Crippen LogP contribution in [0.25, 0.3) is 0 Å². The molecule has 114 valence electrons. The molecule has 21 heavy (non-hydrogen) atoms. The normalized spacial score (nSPS) is 12.5. The third-order valence-electron chi connectivity index (χ3n) is 3.53. The van der Waals surface area contributed by atoms with Gasteiger partial charge in [0.05, 0.1) is 6.20 Å². The van der Waals surface area contributed by atoms with Gasteiger partial charge >= 0.3 is 0 Å². The Labute approximate surface area is 132 Å². The Morgan fingerprint density at radius 2 is 2.05 bits per heavy atom. The number of aromatic nitrogens is 2. The summed E-state index contributed by atoms with van der Waals surface area (Å²) in [6.45, 7) is 6.30. The Hall–Kier alpha value is -1.32. The molecule has 0 saturated heterocycles. The van der Waals surface area contributed by atoms with E-state index in [0.717, 1.165) is 37.4 Å². The molecule has 1 unspecified atom stereocenters. The second kappa shape index (κ2) is 8.20. The maximum absolute atomic E-state index is 6.30. The van der Waals surface area contributed by atoms with Crippen LogP contribution in [0.5, 0.6) is 0 Å². The van der Waals surface area contributed by atoms with Crippen molar-refractivity contribution in [1.29, 1.82) is 0 Å². The highest BCUT2D eigenvalue weighted by Crippen LogP contribution is 2.23. The van der Waals surface area contributed by atoms with E-state index >= 15 is 0 Å². The Morgan fingerprint density at radius 3 is 2.76 bits per heavy atom. The molecule has 0 bridgehead atoms. The first-order valence-electron chi connectivity index (χ1n) is 7.73. The average molecular weight is 306 g/mol. The molecule has 0 spiro atoms. The molecular formula is C17H24ClN3. The zero-order chi connectivity index (χ0) is 15.1. The molecule has 2 rings (SSSR count). The zero-order valence-electron chi connectivity index (χ0n) is 12.8. The van der Waals surface area contributed by atoms with E-state index in [9.17, 15) is 0 Å². The molecule has 0 fully saturated rings. The van der Waals surface area contributed by atoms with Gasteiger partial charge in [0.1, 0.15) is 0 Å². The largest absolute Gasteiger partial charge is 0.310 e. The van der Waals surface area contributed by atoms with E-state index in [0.29, 0.717) is 0 Å². The zero-order valence-corrected chi connectivity index (χ0v) is 13.6. The van der Waals surface area contributed by atoms with Crippen LogP contribution in [0.15, 0.2) is 36.7 Å². The molecule has 0 saturated carbocycles. The van der Waals surface area contributed by atoms with Crippen molar-refractivity contribution in [2.24, 2.45) is 0 Å². The van der Waals surface area contributed by atoms with Gasteiger partial charge in [0, 0.05) is 29.4 Å². The molecule has 1 aromatic carbocycles. The molecule has 0 aliphatic rings. The number of nitrogens with zero attached hydrogens (tertiary/aromatic N) is 2. The van der Waals surface area contributed by atoms with E-state index < -0.39 is 0 Å². The summed E-state index contributed by atoms with van der Waals surface area (Å²) in [4.78, 5) is 0. The van der Waals surface area contributed by atoms with Crippen LogP contribution >= 0.6 is 11.6 Å². The van der Waals surface area contributed by atoms with Crippen LogP contribution in [0.1, 0.15) is 43.9 Å². The minimum Gasteiger partial charge on any atom is -0.310 e. The maximum Gasteiger partial charge on any atom is 0.0537 e. The van der Waals surface area contributed by atoms with E-state index in [1.807, 2.05) is 29.1 Å². The Kier molecular flexibility index (Phi) is 6.27. The second-order valence-electron chi connectivity index (χ2n) is 5.34. The fourth-order valence-corrected chi connectivity index (χ4v) is 2.63. The summed E-state index contributed by atoms with van der Waals surface area (Å²) >= 11 is 6.30. The molecule has 0 amide bonds. The third kappa shape index (κ3) is 4.58. The standard InChI is InChI=1S/C17H24ClN3/c1-3-9-19-17(11-14-7-5-6-8-16(14)18)15-12-20-21(13-15)10-4-2/h5-8,12-13,17,19H,3-4,9-11H2,1-2H3. The fourth-order valence-electron chi connectivity index (χ4n) is 2.42. The van der Waals surface area contributed by atoms with Crippen molar-refractivity contribution in [1.82, 2.24) is 15.1 Å². The van der Waals surface area contributed by atoms with Crippen LogP contribution in [-0.2, 0) is 13.0 Å². The number of aryl methyl sites for hydroxylation is 1. The molecule has 0 aliphatic carbocycles. The number of benzene rings is 1. The number of hydrogen-bond acceptors (Lipinski definition) is 2. The van der Waals surface area contributed by atoms with Crippen LogP contribution in [0.4, 0.5) is 0 Å². The Morgan fingerprint density at radius 1 is 1.24 bits per heavy atom. The van der Waals surface area contributed by atoms with Crippen molar-refractivity contribution < 1.29 is 0 Å². The van der Waals surface area contributed by atoms with Gasteiger partial charge in [0.25, 0.3) is 0 Å². The van der Waals surface area contributed by atoms with Gasteiger partial charge in [-0.25, -0.2) is 0 Å². The monoisotopic (exact) mass is 305 g/mol. The molecular weight excluding hydrogens is 282 g/mol. The summed E-state index contributed by atoms with van der Waals surface area (Å²) in [6.07, 6.45) is 7.21. The van der Waals surface area contributed by atoms with Gasteiger partial charge in [-0.05, 0) is 37.4 Å². The van der Waals surface area contributed by atoms with E-state index in [2.05, 4.69) is 36.5 Å². The lowest BCUT2D eigenvalue weighted by molar-refractivity contribution is 0.527. The minimum atomic E-state index is 0.260. The van der Waals surface area contributed by atoms with Gasteiger partial charge in [-0.1, -0.05) is 43.6 Å². The van der Waals surface area contributed by atoms with Gasteiger partial charge < -0.3 is 5.32 Å². The van der Waals surface area contributed by atoms with Crippen molar-refractivity contribution in [2.75, 3.05) is 6.54 Å². The van der Waals surface area contributed by atoms with E-state index in [-0.39, 0.29) is 6.04 Å². The van der Waals surface area contributed by atoms with Crippen molar-refractivity contribution in [3.05, 3.63) is 52.8 Å². The lowest BCUT2D eigenvalue weighted by atomic mass is 10.0. The second-order valence-corrected chi connectivity index (χ2v) is 5.75. The summed E-state index contributed by atoms with van der Waals surface area (Å²) in [6, 6.07) is 8.32. The van der Waals surface area contributed by atoms with Crippen molar-refractivity contribution >= 4 is 11.6 Å². The lowest BCUT2D eigenvalue weighted by Crippen LogP contribution is -2.24. The van der Waals surface area contributed by atoms with Gasteiger partial charge in [-0.15, -0.1) is 0 Å². The molecule has 3 nitrogen and oxygen atoms in total. The smallest absolute Gasteiger partial charge is 0.0537 e. The molecule has 4 heteroatoms. The van der Waals surface area contributed by atoms with Crippen LogP contribution in [0.3, 0.4) is 0 Å². The highest BCUT2D eigenvalue weighted by atomic mass is 35.5. The summed E-state index contributed by atoms with van der Waals surface area (Å²) in [5.74, 6) is 0. The molecule has 1 aromatic heterocycles. The first kappa shape index (κ1) is 16.1. The topological polar surface area (TPSA) is 29.9 Å². The van der Waals surface area contributed by atoms with Crippen LogP contribution in [-0.4, -0.2) is 16.3 Å². The van der Waals surface area contributed by atoms with Gasteiger partial charge in [-0.3, -0.25) is 4.68 Å². The van der Waals surface area contributed by atoms with Gasteiger partial charge in [0.2, 0.25) is 0 Å². The fraction of sp³-hybridized carbons (Fsp3) is 0.471. The molecule has 1 heterocycles. The summed E-state index contributed by atoms with van der Waals surface area (Å²) < 4.78 is 2.02. The van der Waals surface area contributed by atoms with Crippen molar-refractivity contribution in [3.8, 4) is 0 Å². The molecule has 1 N–H and O–H groups in total. The van der Waals surface area contributed by atoms with Crippen molar-refractivity contribution in [2.45, 2.75) is 45.7 Å². The quantitative estimate of drug-likeness (QED) is 0.791.